The largest absolute Gasteiger partial charge is 0.383 e. The van der Waals surface area contributed by atoms with Gasteiger partial charge in [-0.1, -0.05) is 19.1 Å². The number of nitrogens with two attached hydrogens (primary N) is 1. The molecule has 0 aliphatic carbocycles. The summed E-state index contributed by atoms with van der Waals surface area (Å²) >= 11 is 0. The fourth-order valence-corrected chi connectivity index (χ4v) is 4.05. The van der Waals surface area contributed by atoms with Crippen LogP contribution in [0, 0.1) is 12.8 Å². The number of carbonyl (C=O) groups is 2. The second kappa shape index (κ2) is 8.93. The minimum absolute atomic E-state index is 0.123. The zero-order chi connectivity index (χ0) is 22.0. The summed E-state index contributed by atoms with van der Waals surface area (Å²) in [6, 6.07) is 10.1. The molecule has 4 rings (SSSR count). The van der Waals surface area contributed by atoms with Crippen molar-refractivity contribution in [1.82, 2.24) is 9.88 Å². The maximum Gasteiger partial charge on any atom is 0.313 e. The molecule has 2 amide bonds. The molecule has 4 N–H and O–H groups in total. The number of hydrogen-bond acceptors (Lipinski definition) is 6. The van der Waals surface area contributed by atoms with Gasteiger partial charge in [-0.3, -0.25) is 9.59 Å². The molecular formula is C23H29N5O3. The number of aryl methyl sites for hydroxylation is 1. The Bertz CT molecular complexity index is 958. The molecule has 31 heavy (non-hydrogen) atoms. The second-order valence-electron chi connectivity index (χ2n) is 8.54. The SMILES string of the molecule is Cc1cc(NC(=O)C(=O)N2C[C@H](C)CC[C@H]2c2ccc(NC3COC3)cc2)cnc1N. The van der Waals surface area contributed by atoms with Gasteiger partial charge in [0, 0.05) is 12.2 Å². The predicted molar refractivity (Wildman–Crippen MR) is 120 cm³/mol. The lowest BCUT2D eigenvalue weighted by atomic mass is 9.89. The summed E-state index contributed by atoms with van der Waals surface area (Å²) in [7, 11) is 0. The molecule has 3 heterocycles. The number of carbonyl (C=O) groups excluding carboxylic acids is 2. The molecule has 0 radical (unpaired) electrons. The van der Waals surface area contributed by atoms with Gasteiger partial charge in [0.1, 0.15) is 5.82 Å². The average Bonchev–Trinajstić information content (AvgIpc) is 2.73. The third kappa shape index (κ3) is 4.80. The summed E-state index contributed by atoms with van der Waals surface area (Å²) in [5.74, 6) is -0.446. The molecule has 2 atom stereocenters. The minimum atomic E-state index is -0.659. The van der Waals surface area contributed by atoms with Crippen molar-refractivity contribution in [3.8, 4) is 0 Å². The van der Waals surface area contributed by atoms with Gasteiger partial charge in [0.2, 0.25) is 0 Å². The molecule has 2 saturated heterocycles. The lowest BCUT2D eigenvalue weighted by molar-refractivity contribution is -0.146. The molecule has 0 unspecified atom stereocenters. The van der Waals surface area contributed by atoms with E-state index in [2.05, 4.69) is 22.5 Å². The Labute approximate surface area is 182 Å². The van der Waals surface area contributed by atoms with Crippen LogP contribution in [-0.4, -0.2) is 47.5 Å². The molecule has 2 aliphatic rings. The van der Waals surface area contributed by atoms with Crippen LogP contribution in [0.15, 0.2) is 36.5 Å². The number of rotatable bonds is 4. The van der Waals surface area contributed by atoms with Crippen LogP contribution >= 0.6 is 0 Å². The van der Waals surface area contributed by atoms with Crippen LogP contribution < -0.4 is 16.4 Å². The first-order chi connectivity index (χ1) is 14.9. The topological polar surface area (TPSA) is 110 Å². The van der Waals surface area contributed by atoms with Crippen LogP contribution in [0.3, 0.4) is 0 Å². The summed E-state index contributed by atoms with van der Waals surface area (Å²) in [5, 5.41) is 6.09. The van der Waals surface area contributed by atoms with E-state index in [1.807, 2.05) is 24.3 Å². The normalized spacial score (nSPS) is 21.3. The van der Waals surface area contributed by atoms with Crippen molar-refractivity contribution in [1.29, 1.82) is 0 Å². The van der Waals surface area contributed by atoms with E-state index in [0.717, 1.165) is 42.9 Å². The molecule has 0 saturated carbocycles. The Morgan fingerprint density at radius 1 is 1.16 bits per heavy atom. The fourth-order valence-electron chi connectivity index (χ4n) is 4.05. The summed E-state index contributed by atoms with van der Waals surface area (Å²) in [6.07, 6.45) is 3.30. The molecule has 8 nitrogen and oxygen atoms in total. The minimum Gasteiger partial charge on any atom is -0.383 e. The van der Waals surface area contributed by atoms with E-state index < -0.39 is 11.8 Å². The van der Waals surface area contributed by atoms with Crippen molar-refractivity contribution in [2.75, 3.05) is 36.1 Å². The number of hydrogen-bond donors (Lipinski definition) is 3. The third-order valence-corrected chi connectivity index (χ3v) is 5.95. The van der Waals surface area contributed by atoms with E-state index in [1.54, 1.807) is 17.9 Å². The summed E-state index contributed by atoms with van der Waals surface area (Å²) in [5.41, 5.74) is 9.01. The fraction of sp³-hybridized carbons (Fsp3) is 0.435. The molecule has 8 heteroatoms. The molecule has 1 aromatic heterocycles. The van der Waals surface area contributed by atoms with Gasteiger partial charge in [0.25, 0.3) is 0 Å². The number of piperidine rings is 1. The van der Waals surface area contributed by atoms with E-state index in [1.165, 1.54) is 6.20 Å². The Morgan fingerprint density at radius 2 is 1.90 bits per heavy atom. The molecule has 2 aromatic rings. The molecule has 0 spiro atoms. The number of nitrogens with zero attached hydrogens (tertiary/aromatic N) is 2. The number of aromatic nitrogens is 1. The molecular weight excluding hydrogens is 394 g/mol. The Kier molecular flexibility index (Phi) is 6.08. The maximum atomic E-state index is 13.1. The van der Waals surface area contributed by atoms with Crippen LogP contribution in [0.4, 0.5) is 17.2 Å². The van der Waals surface area contributed by atoms with Gasteiger partial charge in [0.05, 0.1) is 37.2 Å². The number of benzene rings is 1. The lowest BCUT2D eigenvalue weighted by Gasteiger charge is -2.38. The van der Waals surface area contributed by atoms with Gasteiger partial charge in [-0.15, -0.1) is 0 Å². The first-order valence-corrected chi connectivity index (χ1v) is 10.7. The summed E-state index contributed by atoms with van der Waals surface area (Å²) in [6.45, 7) is 5.91. The highest BCUT2D eigenvalue weighted by atomic mass is 16.5. The van der Waals surface area contributed by atoms with E-state index >= 15 is 0 Å². The number of likely N-dealkylation sites (tertiary alicyclic amines) is 1. The highest BCUT2D eigenvalue weighted by Gasteiger charge is 2.34. The van der Waals surface area contributed by atoms with E-state index in [4.69, 9.17) is 10.5 Å². The van der Waals surface area contributed by atoms with Crippen LogP contribution in [0.1, 0.15) is 36.9 Å². The molecule has 1 aromatic carbocycles. The number of nitrogens with one attached hydrogen (secondary N) is 2. The quantitative estimate of drug-likeness (QED) is 0.653. The average molecular weight is 424 g/mol. The molecule has 0 bridgehead atoms. The van der Waals surface area contributed by atoms with Gasteiger partial charge < -0.3 is 26.0 Å². The Hall–Kier alpha value is -3.13. The smallest absolute Gasteiger partial charge is 0.313 e. The molecule has 164 valence electrons. The monoisotopic (exact) mass is 423 g/mol. The Balaban J connectivity index is 1.47. The lowest BCUT2D eigenvalue weighted by Crippen LogP contribution is -2.46. The van der Waals surface area contributed by atoms with Gasteiger partial charge >= 0.3 is 11.8 Å². The van der Waals surface area contributed by atoms with Gasteiger partial charge in [-0.25, -0.2) is 4.98 Å². The van der Waals surface area contributed by atoms with Crippen molar-refractivity contribution in [3.63, 3.8) is 0 Å². The van der Waals surface area contributed by atoms with Gasteiger partial charge in [0.15, 0.2) is 0 Å². The van der Waals surface area contributed by atoms with E-state index in [-0.39, 0.29) is 6.04 Å². The highest BCUT2D eigenvalue weighted by Crippen LogP contribution is 2.34. The van der Waals surface area contributed by atoms with Crippen LogP contribution in [-0.2, 0) is 14.3 Å². The third-order valence-electron chi connectivity index (χ3n) is 5.95. The van der Waals surface area contributed by atoms with E-state index in [9.17, 15) is 9.59 Å². The van der Waals surface area contributed by atoms with Crippen molar-refractivity contribution in [2.45, 2.75) is 38.8 Å². The highest BCUT2D eigenvalue weighted by molar-refractivity contribution is 6.39. The standard InChI is InChI=1S/C23H29N5O3/c1-14-3-8-20(16-4-6-17(7-5-16)26-19-12-31-13-19)28(11-14)23(30)22(29)27-18-9-15(2)21(24)25-10-18/h4-7,9-10,14,19-20,26H,3,8,11-13H2,1-2H3,(H2,24,25)(H,27,29)/t14-,20+/m1/s1. The van der Waals surface area contributed by atoms with Gasteiger partial charge in [-0.2, -0.15) is 0 Å². The van der Waals surface area contributed by atoms with Crippen LogP contribution in [0.25, 0.3) is 0 Å². The number of nitrogen functional groups attached to an aromatic ring is 1. The van der Waals surface area contributed by atoms with Crippen LogP contribution in [0.2, 0.25) is 0 Å². The molecule has 2 aliphatic heterocycles. The van der Waals surface area contributed by atoms with Crippen molar-refractivity contribution >= 4 is 29.0 Å². The predicted octanol–water partition coefficient (Wildman–Crippen LogP) is 2.72. The number of ether oxygens (including phenoxy) is 1. The van der Waals surface area contributed by atoms with E-state index in [0.29, 0.717) is 30.0 Å². The maximum absolute atomic E-state index is 13.1. The second-order valence-corrected chi connectivity index (χ2v) is 8.54. The first kappa shape index (κ1) is 21.1. The zero-order valence-electron chi connectivity index (χ0n) is 17.9. The first-order valence-electron chi connectivity index (χ1n) is 10.7. The van der Waals surface area contributed by atoms with Crippen molar-refractivity contribution < 1.29 is 14.3 Å². The number of anilines is 3. The van der Waals surface area contributed by atoms with Gasteiger partial charge in [-0.05, 0) is 55.0 Å². The van der Waals surface area contributed by atoms with Crippen LogP contribution in [0.5, 0.6) is 0 Å². The number of pyridine rings is 1. The van der Waals surface area contributed by atoms with Crippen molar-refractivity contribution in [3.05, 3.63) is 47.7 Å². The summed E-state index contributed by atoms with van der Waals surface area (Å²) < 4.78 is 5.20. The molecule has 2 fully saturated rings. The van der Waals surface area contributed by atoms with Crippen molar-refractivity contribution in [2.24, 2.45) is 5.92 Å². The summed E-state index contributed by atoms with van der Waals surface area (Å²) in [4.78, 5) is 31.5. The zero-order valence-corrected chi connectivity index (χ0v) is 17.9. The number of amides is 2. The Morgan fingerprint density at radius 3 is 2.55 bits per heavy atom.